The fourth-order valence-corrected chi connectivity index (χ4v) is 4.84. The van der Waals surface area contributed by atoms with Gasteiger partial charge in [-0.05, 0) is 31.9 Å². The Balaban J connectivity index is 1.88. The Kier molecular flexibility index (Phi) is 4.08. The summed E-state index contributed by atoms with van der Waals surface area (Å²) in [5, 5.41) is 0. The van der Waals surface area contributed by atoms with Crippen LogP contribution in [0.25, 0.3) is 0 Å². The third-order valence-electron chi connectivity index (χ3n) is 4.20. The number of sulfonamides is 1. The van der Waals surface area contributed by atoms with Gasteiger partial charge in [0.05, 0.1) is 29.8 Å². The van der Waals surface area contributed by atoms with Crippen molar-refractivity contribution in [2.75, 3.05) is 41.2 Å². The van der Waals surface area contributed by atoms with Gasteiger partial charge in [0.2, 0.25) is 10.0 Å². The molecule has 0 bridgehead atoms. The van der Waals surface area contributed by atoms with Crippen LogP contribution in [0, 0.1) is 0 Å². The number of fused-ring (bicyclic) bond motifs is 1. The van der Waals surface area contributed by atoms with Gasteiger partial charge in [0.25, 0.3) is 0 Å². The zero-order valence-corrected chi connectivity index (χ0v) is 13.2. The molecule has 0 unspecified atom stereocenters. The highest BCUT2D eigenvalue weighted by Gasteiger charge is 2.33. The average Bonchev–Trinajstić information content (AvgIpc) is 2.98. The second-order valence-corrected chi connectivity index (χ2v) is 7.49. The smallest absolute Gasteiger partial charge is 0.237 e. The molecule has 5 nitrogen and oxygen atoms in total. The van der Waals surface area contributed by atoms with Gasteiger partial charge in [0.1, 0.15) is 0 Å². The summed E-state index contributed by atoms with van der Waals surface area (Å²) in [6.45, 7) is 4.91. The van der Waals surface area contributed by atoms with Crippen molar-refractivity contribution in [1.82, 2.24) is 0 Å². The molecule has 2 heterocycles. The Morgan fingerprint density at radius 3 is 2.67 bits per heavy atom. The summed E-state index contributed by atoms with van der Waals surface area (Å²) in [5.41, 5.74) is 1.80. The largest absolute Gasteiger partial charge is 0.377 e. The molecule has 1 fully saturated rings. The molecule has 0 spiro atoms. The first kappa shape index (κ1) is 14.7. The van der Waals surface area contributed by atoms with Crippen molar-refractivity contribution in [2.24, 2.45) is 0 Å². The minimum absolute atomic E-state index is 0.0907. The number of rotatable bonds is 4. The van der Waals surface area contributed by atoms with Crippen LogP contribution in [0.1, 0.15) is 19.8 Å². The summed E-state index contributed by atoms with van der Waals surface area (Å²) >= 11 is 0. The number of likely N-dealkylation sites (N-methyl/N-ethyl adjacent to an activating group) is 1. The normalized spacial score (nSPS) is 22.4. The van der Waals surface area contributed by atoms with Gasteiger partial charge >= 0.3 is 0 Å². The molecule has 21 heavy (non-hydrogen) atoms. The summed E-state index contributed by atoms with van der Waals surface area (Å²) in [4.78, 5) is 2.22. The van der Waals surface area contributed by atoms with Crippen LogP contribution in [0.2, 0.25) is 0 Å². The van der Waals surface area contributed by atoms with Gasteiger partial charge in [-0.15, -0.1) is 0 Å². The van der Waals surface area contributed by atoms with Gasteiger partial charge in [-0.2, -0.15) is 0 Å². The molecule has 2 aliphatic heterocycles. The predicted molar refractivity (Wildman–Crippen MR) is 84.4 cm³/mol. The molecule has 2 aliphatic rings. The molecule has 1 atom stereocenters. The zero-order valence-electron chi connectivity index (χ0n) is 12.4. The first-order valence-electron chi connectivity index (χ1n) is 7.58. The maximum atomic E-state index is 12.7. The Bertz CT molecular complexity index is 597. The lowest BCUT2D eigenvalue weighted by molar-refractivity contribution is 0.127. The molecule has 0 N–H and O–H groups in total. The predicted octanol–water partition coefficient (Wildman–Crippen LogP) is 1.84. The number of anilines is 2. The van der Waals surface area contributed by atoms with E-state index in [2.05, 4.69) is 11.8 Å². The second kappa shape index (κ2) is 5.85. The summed E-state index contributed by atoms with van der Waals surface area (Å²) in [7, 11) is -3.33. The van der Waals surface area contributed by atoms with Crippen molar-refractivity contribution in [3.8, 4) is 0 Å². The van der Waals surface area contributed by atoms with E-state index in [0.29, 0.717) is 13.2 Å². The summed E-state index contributed by atoms with van der Waals surface area (Å²) in [6.07, 6.45) is 1.65. The number of benzene rings is 1. The first-order valence-corrected chi connectivity index (χ1v) is 9.18. The molecule has 3 rings (SSSR count). The van der Waals surface area contributed by atoms with E-state index >= 15 is 0 Å². The molecule has 1 saturated heterocycles. The molecule has 1 aromatic rings. The van der Waals surface area contributed by atoms with Crippen LogP contribution in [0.4, 0.5) is 11.4 Å². The first-order chi connectivity index (χ1) is 10.1. The molecular weight excluding hydrogens is 288 g/mol. The van der Waals surface area contributed by atoms with Crippen LogP contribution in [-0.2, 0) is 14.8 Å². The van der Waals surface area contributed by atoms with Crippen molar-refractivity contribution < 1.29 is 13.2 Å². The average molecular weight is 310 g/mol. The summed E-state index contributed by atoms with van der Waals surface area (Å²) < 4.78 is 32.5. The Hall–Kier alpha value is -1.27. The second-order valence-electron chi connectivity index (χ2n) is 5.55. The molecule has 0 saturated carbocycles. The van der Waals surface area contributed by atoms with Gasteiger partial charge < -0.3 is 9.64 Å². The standard InChI is InChI=1S/C15H22N2O3S/c1-2-16-9-10-17(15-8-4-3-7-14(15)16)21(18,19)12-13-6-5-11-20-13/h3-4,7-8,13H,2,5-6,9-12H2,1H3/t13-/m0/s1. The lowest BCUT2D eigenvalue weighted by Gasteiger charge is -2.37. The van der Waals surface area contributed by atoms with Gasteiger partial charge in [-0.3, -0.25) is 4.31 Å². The Labute approximate surface area is 126 Å². The van der Waals surface area contributed by atoms with Crippen LogP contribution in [-0.4, -0.2) is 46.5 Å². The molecule has 0 aromatic heterocycles. The van der Waals surface area contributed by atoms with Crippen molar-refractivity contribution in [3.05, 3.63) is 24.3 Å². The maximum Gasteiger partial charge on any atom is 0.237 e. The molecule has 1 aromatic carbocycles. The minimum atomic E-state index is -3.33. The van der Waals surface area contributed by atoms with E-state index in [1.807, 2.05) is 24.3 Å². The van der Waals surface area contributed by atoms with E-state index in [1.54, 1.807) is 4.31 Å². The number of hydrogen-bond acceptors (Lipinski definition) is 4. The topological polar surface area (TPSA) is 49.9 Å². The van der Waals surface area contributed by atoms with E-state index in [9.17, 15) is 8.42 Å². The van der Waals surface area contributed by atoms with Crippen molar-refractivity contribution in [1.29, 1.82) is 0 Å². The monoisotopic (exact) mass is 310 g/mol. The van der Waals surface area contributed by atoms with E-state index < -0.39 is 10.0 Å². The fraction of sp³-hybridized carbons (Fsp3) is 0.600. The van der Waals surface area contributed by atoms with Crippen LogP contribution in [0.5, 0.6) is 0 Å². The number of para-hydroxylation sites is 2. The van der Waals surface area contributed by atoms with E-state index in [-0.39, 0.29) is 11.9 Å². The Morgan fingerprint density at radius 2 is 2.00 bits per heavy atom. The van der Waals surface area contributed by atoms with Crippen molar-refractivity contribution in [2.45, 2.75) is 25.9 Å². The lowest BCUT2D eigenvalue weighted by Crippen LogP contribution is -2.46. The SMILES string of the molecule is CCN1CCN(S(=O)(=O)C[C@@H]2CCCO2)c2ccccc21. The minimum Gasteiger partial charge on any atom is -0.377 e. The highest BCUT2D eigenvalue weighted by atomic mass is 32.2. The summed E-state index contributed by atoms with van der Waals surface area (Å²) in [5.74, 6) is 0.0907. The van der Waals surface area contributed by atoms with E-state index in [0.717, 1.165) is 37.3 Å². The molecule has 116 valence electrons. The van der Waals surface area contributed by atoms with Gasteiger partial charge in [-0.1, -0.05) is 12.1 Å². The number of hydrogen-bond donors (Lipinski definition) is 0. The van der Waals surface area contributed by atoms with Crippen molar-refractivity contribution >= 4 is 21.4 Å². The quantitative estimate of drug-likeness (QED) is 0.851. The third kappa shape index (κ3) is 2.87. The maximum absolute atomic E-state index is 12.7. The zero-order chi connectivity index (χ0) is 14.9. The lowest BCUT2D eigenvalue weighted by atomic mass is 10.2. The van der Waals surface area contributed by atoms with Crippen molar-refractivity contribution in [3.63, 3.8) is 0 Å². The molecule has 0 amide bonds. The molecule has 0 aliphatic carbocycles. The molecule has 0 radical (unpaired) electrons. The fourth-order valence-electron chi connectivity index (χ4n) is 3.11. The molecule has 6 heteroatoms. The van der Waals surface area contributed by atoms with Gasteiger partial charge in [-0.25, -0.2) is 8.42 Å². The third-order valence-corrected chi connectivity index (χ3v) is 6.05. The van der Waals surface area contributed by atoms with E-state index in [1.165, 1.54) is 0 Å². The highest BCUT2D eigenvalue weighted by molar-refractivity contribution is 7.92. The van der Waals surface area contributed by atoms with Crippen LogP contribution in [0.3, 0.4) is 0 Å². The van der Waals surface area contributed by atoms with Crippen LogP contribution >= 0.6 is 0 Å². The number of ether oxygens (including phenoxy) is 1. The highest BCUT2D eigenvalue weighted by Crippen LogP contribution is 2.34. The van der Waals surface area contributed by atoms with Crippen LogP contribution in [0.15, 0.2) is 24.3 Å². The summed E-state index contributed by atoms with van der Waals surface area (Å²) in [6, 6.07) is 7.74. The van der Waals surface area contributed by atoms with Gasteiger partial charge in [0.15, 0.2) is 0 Å². The molecular formula is C15H22N2O3S. The van der Waals surface area contributed by atoms with Crippen LogP contribution < -0.4 is 9.21 Å². The van der Waals surface area contributed by atoms with Gasteiger partial charge in [0, 0.05) is 19.7 Å². The Morgan fingerprint density at radius 1 is 1.24 bits per heavy atom. The van der Waals surface area contributed by atoms with E-state index in [4.69, 9.17) is 4.74 Å². The number of nitrogens with zero attached hydrogens (tertiary/aromatic N) is 2.